The van der Waals surface area contributed by atoms with Crippen LogP contribution >= 0.6 is 0 Å². The summed E-state index contributed by atoms with van der Waals surface area (Å²) in [5.41, 5.74) is 20.3. The van der Waals surface area contributed by atoms with E-state index in [0.717, 1.165) is 99.6 Å². The van der Waals surface area contributed by atoms with Gasteiger partial charge in [0.25, 0.3) is 0 Å². The fraction of sp³-hybridized carbons (Fsp3) is 0. The van der Waals surface area contributed by atoms with Crippen LogP contribution in [0.4, 0.5) is 0 Å². The maximum atomic E-state index is 5.93. The summed E-state index contributed by atoms with van der Waals surface area (Å²) in [4.78, 5) is 17.0. The average Bonchev–Trinajstić information content (AvgIpc) is 1.51. The molecule has 0 saturated carbocycles. The summed E-state index contributed by atoms with van der Waals surface area (Å²) in [5, 5.41) is 27.6. The van der Waals surface area contributed by atoms with Crippen molar-refractivity contribution in [2.75, 3.05) is 0 Å². The summed E-state index contributed by atoms with van der Waals surface area (Å²) < 4.78 is 14.6. The van der Waals surface area contributed by atoms with Gasteiger partial charge in [-0.05, 0) is 153 Å². The van der Waals surface area contributed by atoms with Gasteiger partial charge in [0, 0.05) is 97.3 Å². The summed E-state index contributed by atoms with van der Waals surface area (Å²) in [7, 11) is 0. The maximum Gasteiger partial charge on any atom is 0.237 e. The van der Waals surface area contributed by atoms with Crippen molar-refractivity contribution in [2.24, 2.45) is 0 Å². The molecular weight excluding hydrogens is 1290 g/mol. The zero-order valence-electron chi connectivity index (χ0n) is 56.6. The van der Waals surface area contributed by atoms with Crippen LogP contribution in [-0.2, 0) is 0 Å². The highest BCUT2D eigenvalue weighted by Gasteiger charge is 2.30. The van der Waals surface area contributed by atoms with E-state index >= 15 is 0 Å². The lowest BCUT2D eigenvalue weighted by Crippen LogP contribution is -2.07. The van der Waals surface area contributed by atoms with Gasteiger partial charge in [0.15, 0.2) is 5.82 Å². The number of fused-ring (bicyclic) bond motifs is 33. The second-order valence-electron chi connectivity index (χ2n) is 28.9. The molecule has 0 radical (unpaired) electrons. The van der Waals surface area contributed by atoms with Crippen molar-refractivity contribution >= 4 is 207 Å². The third kappa shape index (κ3) is 6.88. The molecule has 0 fully saturated rings. The molecule has 106 heavy (non-hydrogen) atoms. The van der Waals surface area contributed by atoms with Crippen LogP contribution in [0, 0.1) is 0 Å². The minimum Gasteiger partial charge on any atom is -0.308 e. The van der Waals surface area contributed by atoms with E-state index in [1.165, 1.54) is 135 Å². The van der Waals surface area contributed by atoms with Crippen LogP contribution in [0.25, 0.3) is 241 Å². The van der Waals surface area contributed by atoms with Crippen molar-refractivity contribution in [1.82, 2.24) is 42.0 Å². The number of para-hydroxylation sites is 7. The van der Waals surface area contributed by atoms with Crippen molar-refractivity contribution < 1.29 is 0 Å². The minimum absolute atomic E-state index is 0.607. The van der Waals surface area contributed by atoms with Crippen LogP contribution in [0.3, 0.4) is 0 Å². The molecule has 26 rings (SSSR count). The Kier molecular flexibility index (Phi) is 10.3. The van der Waals surface area contributed by atoms with Gasteiger partial charge in [0.2, 0.25) is 5.95 Å². The third-order valence-electron chi connectivity index (χ3n) is 23.8. The minimum atomic E-state index is 0.607. The normalized spacial score (nSPS) is 12.7. The van der Waals surface area contributed by atoms with Gasteiger partial charge in [-0.2, -0.15) is 4.98 Å². The topological polar surface area (TPSA) is 67.2 Å². The van der Waals surface area contributed by atoms with Gasteiger partial charge in [-0.3, -0.25) is 13.7 Å². The molecule has 0 aliphatic carbocycles. The molecular formula is C97H53N9. The van der Waals surface area contributed by atoms with Crippen LogP contribution in [0.2, 0.25) is 0 Å². The molecule has 0 spiro atoms. The van der Waals surface area contributed by atoms with Crippen LogP contribution in [0.15, 0.2) is 322 Å². The quantitative estimate of drug-likeness (QED) is 0.172. The van der Waals surface area contributed by atoms with Crippen molar-refractivity contribution in [3.8, 4) is 34.4 Å². The number of nitrogens with zero attached hydrogens (tertiary/aromatic N) is 9. The molecule has 0 atom stereocenters. The molecule has 0 N–H and O–H groups in total. The van der Waals surface area contributed by atoms with E-state index in [2.05, 4.69) is 349 Å². The molecule has 0 saturated heterocycles. The van der Waals surface area contributed by atoms with E-state index in [0.29, 0.717) is 5.95 Å². The number of hydrogen-bond acceptors (Lipinski definition) is 3. The number of pyridine rings is 1. The van der Waals surface area contributed by atoms with Crippen LogP contribution in [-0.4, -0.2) is 42.0 Å². The van der Waals surface area contributed by atoms with Gasteiger partial charge in [0.1, 0.15) is 5.82 Å². The molecule has 26 aromatic rings. The van der Waals surface area contributed by atoms with Crippen molar-refractivity contribution in [1.29, 1.82) is 0 Å². The highest BCUT2D eigenvalue weighted by Crippen LogP contribution is 2.52. The standard InChI is InChI=1S/C97H53N9/c1-2-22-59(23-3-1)101-74-33-15-9-26-63(74)69-52-86(98-53-85(69)101)102-77-36-18-12-30-67(77)90-83(102)50-70-64-27-10-16-34-75(64)104-82-47-42-58-48-56(38-43-62(58)89(82)93(90)94(70)104)57-41-44-79-72(49-57)87-60-24-6-4-20-54(60)39-45-80(87)106(79)97-99-73-32-14-8-29-66(73)96(100-97)105-78-37-19-13-31-68(78)91-84(105)51-71-65-28-11-17-35-76(65)103-81-46-40-55-21-5-7-25-61(55)88(81)92(91)95(71)103/h1-53H. The first-order valence-corrected chi connectivity index (χ1v) is 36.4. The summed E-state index contributed by atoms with van der Waals surface area (Å²) in [6, 6.07) is 117. The highest BCUT2D eigenvalue weighted by atomic mass is 15.2. The fourth-order valence-electron chi connectivity index (χ4n) is 19.6. The predicted octanol–water partition coefficient (Wildman–Crippen LogP) is 24.8. The third-order valence-corrected chi connectivity index (χ3v) is 23.8. The van der Waals surface area contributed by atoms with Crippen LogP contribution in [0.1, 0.15) is 0 Å². The molecule has 9 nitrogen and oxygen atoms in total. The zero-order valence-corrected chi connectivity index (χ0v) is 56.6. The van der Waals surface area contributed by atoms with Gasteiger partial charge in [-0.1, -0.05) is 206 Å². The van der Waals surface area contributed by atoms with E-state index < -0.39 is 0 Å². The largest absolute Gasteiger partial charge is 0.308 e. The van der Waals surface area contributed by atoms with Crippen molar-refractivity contribution in [3.05, 3.63) is 322 Å². The Balaban J connectivity index is 0.688. The molecule has 10 aromatic heterocycles. The van der Waals surface area contributed by atoms with Crippen LogP contribution < -0.4 is 0 Å². The zero-order chi connectivity index (χ0) is 68.5. The molecule has 0 bridgehead atoms. The number of rotatable bonds is 5. The van der Waals surface area contributed by atoms with Gasteiger partial charge >= 0.3 is 0 Å². The SMILES string of the molecule is c1ccc(-n2c3ccccc3c3cc(-n4c5ccccc5c5c6c7c8ccc(-c9ccc%10c(c9)c9c%11ccccc%11ccc9n%10-c9nc(-n%10c%11ccccc%11c%11c%12c%13c%14ccccc%14ccc%13n%13c%14ccccc%14c(cc%11%10)c%12%13)c%10ccccc%10n9)cc8ccc7n7c8ccccc8c(cc54)c67)ncc32)cc1. The predicted molar refractivity (Wildman–Crippen MR) is 442 cm³/mol. The van der Waals surface area contributed by atoms with Crippen LogP contribution in [0.5, 0.6) is 0 Å². The molecule has 486 valence electrons. The summed E-state index contributed by atoms with van der Waals surface area (Å²) in [6.07, 6.45) is 2.08. The Bertz CT molecular complexity index is 8470. The summed E-state index contributed by atoms with van der Waals surface area (Å²) in [5.74, 6) is 2.32. The monoisotopic (exact) mass is 1340 g/mol. The van der Waals surface area contributed by atoms with Gasteiger partial charge in [-0.15, -0.1) is 0 Å². The van der Waals surface area contributed by atoms with E-state index in [4.69, 9.17) is 15.0 Å². The summed E-state index contributed by atoms with van der Waals surface area (Å²) >= 11 is 0. The lowest BCUT2D eigenvalue weighted by atomic mass is 9.95. The Morgan fingerprint density at radius 2 is 0.679 bits per heavy atom. The summed E-state index contributed by atoms with van der Waals surface area (Å²) in [6.45, 7) is 0. The molecule has 16 aromatic carbocycles. The number of hydrogen-bond donors (Lipinski definition) is 0. The fourth-order valence-corrected chi connectivity index (χ4v) is 19.6. The second kappa shape index (κ2) is 19.8. The molecule has 0 unspecified atom stereocenters. The Morgan fingerprint density at radius 3 is 1.34 bits per heavy atom. The van der Waals surface area contributed by atoms with E-state index in [-0.39, 0.29) is 0 Å². The van der Waals surface area contributed by atoms with Gasteiger partial charge in [0.05, 0.1) is 88.9 Å². The van der Waals surface area contributed by atoms with Gasteiger partial charge in [-0.25, -0.2) is 9.97 Å². The lowest BCUT2D eigenvalue weighted by Gasteiger charge is -2.14. The van der Waals surface area contributed by atoms with E-state index in [9.17, 15) is 0 Å². The first-order chi connectivity index (χ1) is 52.6. The lowest BCUT2D eigenvalue weighted by molar-refractivity contribution is 0.973. The number of benzene rings is 16. The first kappa shape index (κ1) is 55.3. The van der Waals surface area contributed by atoms with E-state index in [1.807, 2.05) is 0 Å². The second-order valence-corrected chi connectivity index (χ2v) is 28.9. The molecule has 10 heterocycles. The Labute approximate surface area is 601 Å². The maximum absolute atomic E-state index is 5.93. The smallest absolute Gasteiger partial charge is 0.237 e. The molecule has 0 aliphatic heterocycles. The highest BCUT2D eigenvalue weighted by molar-refractivity contribution is 6.41. The average molecular weight is 1340 g/mol. The van der Waals surface area contributed by atoms with E-state index in [1.54, 1.807) is 0 Å². The molecule has 9 heteroatoms. The molecule has 0 aliphatic rings. The van der Waals surface area contributed by atoms with Gasteiger partial charge < -0.3 is 13.4 Å². The van der Waals surface area contributed by atoms with Crippen molar-refractivity contribution in [2.45, 2.75) is 0 Å². The molecule has 0 amide bonds. The Morgan fingerprint density at radius 1 is 0.217 bits per heavy atom. The Hall–Kier alpha value is -14.4. The first-order valence-electron chi connectivity index (χ1n) is 36.4. The number of aromatic nitrogens is 9. The van der Waals surface area contributed by atoms with Crippen molar-refractivity contribution in [3.63, 3.8) is 0 Å².